The van der Waals surface area contributed by atoms with E-state index in [1.54, 1.807) is 34.1 Å². The number of halogens is 1. The Morgan fingerprint density at radius 1 is 0.892 bits per heavy atom. The molecule has 37 heavy (non-hydrogen) atoms. The SMILES string of the molecule is Cc1ccc(CN(CCc2ccccc2)C(=O)CN(CCN2CCCCC2)C(=O)c2ccc(Cl)cc2)o1. The second-order valence-corrected chi connectivity index (χ2v) is 10.1. The molecule has 0 saturated carbocycles. The van der Waals surface area contributed by atoms with Crippen molar-refractivity contribution >= 4 is 23.4 Å². The number of piperidine rings is 1. The Hall–Kier alpha value is -3.09. The van der Waals surface area contributed by atoms with Crippen molar-refractivity contribution in [1.29, 1.82) is 0 Å². The van der Waals surface area contributed by atoms with E-state index < -0.39 is 0 Å². The van der Waals surface area contributed by atoms with E-state index in [4.69, 9.17) is 16.0 Å². The molecule has 0 aliphatic carbocycles. The summed E-state index contributed by atoms with van der Waals surface area (Å²) in [6, 6.07) is 20.8. The van der Waals surface area contributed by atoms with Gasteiger partial charge in [0.2, 0.25) is 5.91 Å². The van der Waals surface area contributed by atoms with E-state index in [0.717, 1.165) is 43.1 Å². The van der Waals surface area contributed by atoms with Gasteiger partial charge in [0.05, 0.1) is 6.54 Å². The largest absolute Gasteiger partial charge is 0.464 e. The molecule has 3 aromatic rings. The van der Waals surface area contributed by atoms with E-state index in [1.807, 2.05) is 37.3 Å². The number of hydrogen-bond acceptors (Lipinski definition) is 4. The van der Waals surface area contributed by atoms with Crippen LogP contribution in [0.4, 0.5) is 0 Å². The van der Waals surface area contributed by atoms with Gasteiger partial charge in [-0.15, -0.1) is 0 Å². The lowest BCUT2D eigenvalue weighted by Crippen LogP contribution is -2.46. The fourth-order valence-electron chi connectivity index (χ4n) is 4.69. The summed E-state index contributed by atoms with van der Waals surface area (Å²) in [6.45, 7) is 6.16. The number of benzene rings is 2. The second kappa shape index (κ2) is 13.5. The Kier molecular flexibility index (Phi) is 9.80. The molecule has 0 atom stereocenters. The third-order valence-electron chi connectivity index (χ3n) is 6.85. The van der Waals surface area contributed by atoms with Crippen molar-refractivity contribution in [1.82, 2.24) is 14.7 Å². The summed E-state index contributed by atoms with van der Waals surface area (Å²) in [5.74, 6) is 1.30. The minimum atomic E-state index is -0.154. The standard InChI is InChI=1S/C30H36ClN3O3/c1-24-10-15-28(37-24)22-33(19-16-25-8-4-2-5-9-25)29(35)23-34(21-20-32-17-6-3-7-18-32)30(36)26-11-13-27(31)14-12-26/h2,4-5,8-15H,3,6-7,16-23H2,1H3. The van der Waals surface area contributed by atoms with Gasteiger partial charge in [-0.1, -0.05) is 48.4 Å². The molecule has 0 unspecified atom stereocenters. The summed E-state index contributed by atoms with van der Waals surface area (Å²) in [5.41, 5.74) is 1.70. The molecule has 4 rings (SSSR count). The highest BCUT2D eigenvalue weighted by Gasteiger charge is 2.24. The number of hydrogen-bond donors (Lipinski definition) is 0. The van der Waals surface area contributed by atoms with E-state index >= 15 is 0 Å². The zero-order valence-corrected chi connectivity index (χ0v) is 22.3. The highest BCUT2D eigenvalue weighted by molar-refractivity contribution is 6.30. The van der Waals surface area contributed by atoms with Gasteiger partial charge in [0.1, 0.15) is 18.1 Å². The predicted octanol–water partition coefficient (Wildman–Crippen LogP) is 5.44. The summed E-state index contributed by atoms with van der Waals surface area (Å²) in [4.78, 5) is 33.1. The predicted molar refractivity (Wildman–Crippen MR) is 147 cm³/mol. The highest BCUT2D eigenvalue weighted by atomic mass is 35.5. The molecule has 0 spiro atoms. The van der Waals surface area contributed by atoms with Crippen LogP contribution in [-0.4, -0.2) is 65.8 Å². The quantitative estimate of drug-likeness (QED) is 0.337. The Morgan fingerprint density at radius 2 is 1.62 bits per heavy atom. The minimum absolute atomic E-state index is 0.0176. The fourth-order valence-corrected chi connectivity index (χ4v) is 4.82. The first-order chi connectivity index (χ1) is 18.0. The van der Waals surface area contributed by atoms with Crippen LogP contribution in [0.25, 0.3) is 0 Å². The molecule has 1 saturated heterocycles. The second-order valence-electron chi connectivity index (χ2n) is 9.70. The van der Waals surface area contributed by atoms with Crippen LogP contribution in [0, 0.1) is 6.92 Å². The summed E-state index contributed by atoms with van der Waals surface area (Å²) < 4.78 is 5.78. The minimum Gasteiger partial charge on any atom is -0.464 e. The average Bonchev–Trinajstić information content (AvgIpc) is 3.34. The van der Waals surface area contributed by atoms with Gasteiger partial charge in [0.25, 0.3) is 5.91 Å². The Morgan fingerprint density at radius 3 is 2.30 bits per heavy atom. The number of carbonyl (C=O) groups is 2. The molecule has 2 amide bonds. The maximum atomic E-state index is 13.7. The van der Waals surface area contributed by atoms with Gasteiger partial charge in [-0.05, 0) is 81.2 Å². The van der Waals surface area contributed by atoms with Crippen LogP contribution in [0.15, 0.2) is 71.1 Å². The molecule has 0 radical (unpaired) electrons. The van der Waals surface area contributed by atoms with Crippen molar-refractivity contribution in [2.75, 3.05) is 39.3 Å². The summed E-state index contributed by atoms with van der Waals surface area (Å²) >= 11 is 6.05. The number of likely N-dealkylation sites (tertiary alicyclic amines) is 1. The van der Waals surface area contributed by atoms with Crippen molar-refractivity contribution in [3.05, 3.63) is 94.4 Å². The van der Waals surface area contributed by atoms with Gasteiger partial charge < -0.3 is 19.1 Å². The molecular weight excluding hydrogens is 486 g/mol. The smallest absolute Gasteiger partial charge is 0.254 e. The van der Waals surface area contributed by atoms with E-state index in [9.17, 15) is 9.59 Å². The molecule has 7 heteroatoms. The molecule has 1 aliphatic heterocycles. The zero-order valence-electron chi connectivity index (χ0n) is 21.6. The van der Waals surface area contributed by atoms with E-state index in [-0.39, 0.29) is 18.4 Å². The van der Waals surface area contributed by atoms with Crippen LogP contribution >= 0.6 is 11.6 Å². The molecule has 6 nitrogen and oxygen atoms in total. The molecule has 1 aliphatic rings. The lowest BCUT2D eigenvalue weighted by Gasteiger charge is -2.31. The summed E-state index contributed by atoms with van der Waals surface area (Å²) in [7, 11) is 0. The number of rotatable bonds is 11. The Balaban J connectivity index is 1.49. The first-order valence-corrected chi connectivity index (χ1v) is 13.5. The average molecular weight is 522 g/mol. The molecule has 1 aromatic heterocycles. The van der Waals surface area contributed by atoms with Gasteiger partial charge in [-0.3, -0.25) is 9.59 Å². The van der Waals surface area contributed by atoms with Gasteiger partial charge >= 0.3 is 0 Å². The summed E-state index contributed by atoms with van der Waals surface area (Å²) in [5, 5.41) is 0.577. The highest BCUT2D eigenvalue weighted by Crippen LogP contribution is 2.15. The van der Waals surface area contributed by atoms with Crippen molar-refractivity contribution < 1.29 is 14.0 Å². The maximum Gasteiger partial charge on any atom is 0.254 e. The summed E-state index contributed by atoms with van der Waals surface area (Å²) in [6.07, 6.45) is 4.34. The van der Waals surface area contributed by atoms with Gasteiger partial charge in [-0.25, -0.2) is 0 Å². The van der Waals surface area contributed by atoms with E-state index in [0.29, 0.717) is 30.2 Å². The lowest BCUT2D eigenvalue weighted by atomic mass is 10.1. The van der Waals surface area contributed by atoms with Crippen molar-refractivity contribution in [3.63, 3.8) is 0 Å². The van der Waals surface area contributed by atoms with Crippen molar-refractivity contribution in [2.24, 2.45) is 0 Å². The van der Waals surface area contributed by atoms with Gasteiger partial charge in [-0.2, -0.15) is 0 Å². The first-order valence-electron chi connectivity index (χ1n) is 13.1. The van der Waals surface area contributed by atoms with E-state index in [2.05, 4.69) is 17.0 Å². The van der Waals surface area contributed by atoms with E-state index in [1.165, 1.54) is 19.3 Å². The van der Waals surface area contributed by atoms with Crippen molar-refractivity contribution in [2.45, 2.75) is 39.2 Å². The first kappa shape index (κ1) is 27.0. The van der Waals surface area contributed by atoms with Gasteiger partial charge in [0.15, 0.2) is 0 Å². The number of furan rings is 1. The van der Waals surface area contributed by atoms with Crippen LogP contribution in [0.5, 0.6) is 0 Å². The monoisotopic (exact) mass is 521 g/mol. The molecule has 2 heterocycles. The van der Waals surface area contributed by atoms with Crippen LogP contribution in [0.3, 0.4) is 0 Å². The number of aryl methyl sites for hydroxylation is 1. The number of nitrogens with zero attached hydrogens (tertiary/aromatic N) is 3. The molecule has 196 valence electrons. The third-order valence-corrected chi connectivity index (χ3v) is 7.10. The normalized spacial score (nSPS) is 13.9. The molecule has 0 bridgehead atoms. The lowest BCUT2D eigenvalue weighted by molar-refractivity contribution is -0.132. The molecule has 2 aromatic carbocycles. The number of amides is 2. The number of carbonyl (C=O) groups excluding carboxylic acids is 2. The topological polar surface area (TPSA) is 57.0 Å². The Labute approximate surface area is 224 Å². The van der Waals surface area contributed by atoms with Crippen LogP contribution in [0.1, 0.15) is 46.7 Å². The van der Waals surface area contributed by atoms with Crippen LogP contribution in [-0.2, 0) is 17.8 Å². The van der Waals surface area contributed by atoms with Crippen LogP contribution in [0.2, 0.25) is 5.02 Å². The zero-order chi connectivity index (χ0) is 26.0. The van der Waals surface area contributed by atoms with Crippen LogP contribution < -0.4 is 0 Å². The fraction of sp³-hybridized carbons (Fsp3) is 0.400. The Bertz CT molecular complexity index is 1140. The van der Waals surface area contributed by atoms with Crippen molar-refractivity contribution in [3.8, 4) is 0 Å². The molecule has 0 N–H and O–H groups in total. The molecular formula is C30H36ClN3O3. The van der Waals surface area contributed by atoms with Gasteiger partial charge in [0, 0.05) is 30.2 Å². The third kappa shape index (κ3) is 8.20. The maximum absolute atomic E-state index is 13.7. The molecule has 1 fully saturated rings.